The first-order valence-corrected chi connectivity index (χ1v) is 10.3. The van der Waals surface area contributed by atoms with Gasteiger partial charge in [-0.1, -0.05) is 25.5 Å². The van der Waals surface area contributed by atoms with Crippen LogP contribution >= 0.6 is 0 Å². The van der Waals surface area contributed by atoms with Gasteiger partial charge >= 0.3 is 5.97 Å². The lowest BCUT2D eigenvalue weighted by Gasteiger charge is -2.52. The summed E-state index contributed by atoms with van der Waals surface area (Å²) in [6.45, 7) is 10.9. The first kappa shape index (κ1) is 18.5. The molecule has 1 saturated carbocycles. The molecule has 0 bridgehead atoms. The van der Waals surface area contributed by atoms with Gasteiger partial charge in [-0.15, -0.1) is 0 Å². The highest BCUT2D eigenvalue weighted by molar-refractivity contribution is 5.76. The van der Waals surface area contributed by atoms with Crippen molar-refractivity contribution in [1.82, 2.24) is 4.90 Å². The summed E-state index contributed by atoms with van der Waals surface area (Å²) in [6, 6.07) is 0. The summed E-state index contributed by atoms with van der Waals surface area (Å²) >= 11 is 0. The molecule has 0 amide bonds. The van der Waals surface area contributed by atoms with Crippen LogP contribution in [0.15, 0.2) is 11.6 Å². The summed E-state index contributed by atoms with van der Waals surface area (Å²) in [5.41, 5.74) is 1.07. The van der Waals surface area contributed by atoms with Crippen LogP contribution in [0.25, 0.3) is 0 Å². The summed E-state index contributed by atoms with van der Waals surface area (Å²) in [5.74, 6) is -0.0294. The van der Waals surface area contributed by atoms with Gasteiger partial charge in [-0.05, 0) is 32.6 Å². The minimum Gasteiger partial charge on any atom is -0.461 e. The third kappa shape index (κ3) is 2.83. The van der Waals surface area contributed by atoms with Crippen LogP contribution in [0.2, 0.25) is 0 Å². The standard InChI is InChI=1S/C21H33NO4/c1-12-6-5-7-15-8-17-18(19(23)21(12,15)4)16(20(24)26-17)11-22-9-13(2)25-14(3)10-22/h7,12-14,16-19,23H,5-6,8-11H2,1-4H3/t12-,13+,14+,16-,17+,18+,19-,21+/m0/s1. The minimum absolute atomic E-state index is 0.0985. The van der Waals surface area contributed by atoms with Crippen LogP contribution in [0.4, 0.5) is 0 Å². The number of hydrogen-bond donors (Lipinski definition) is 1. The van der Waals surface area contributed by atoms with Crippen LogP contribution in [0.1, 0.15) is 47.0 Å². The summed E-state index contributed by atoms with van der Waals surface area (Å²) in [7, 11) is 0. The average molecular weight is 363 g/mol. The molecule has 0 spiro atoms. The zero-order chi connectivity index (χ0) is 18.6. The molecule has 0 unspecified atom stereocenters. The summed E-state index contributed by atoms with van der Waals surface area (Å²) < 4.78 is 11.6. The molecule has 4 rings (SSSR count). The maximum atomic E-state index is 12.7. The number of allylic oxidation sites excluding steroid dienone is 1. The van der Waals surface area contributed by atoms with Crippen molar-refractivity contribution in [3.8, 4) is 0 Å². The summed E-state index contributed by atoms with van der Waals surface area (Å²) in [4.78, 5) is 15.0. The number of morpholine rings is 1. The van der Waals surface area contributed by atoms with E-state index in [1.165, 1.54) is 5.57 Å². The third-order valence-electron chi connectivity index (χ3n) is 7.52. The summed E-state index contributed by atoms with van der Waals surface area (Å²) in [5, 5.41) is 11.4. The van der Waals surface area contributed by atoms with E-state index in [4.69, 9.17) is 9.47 Å². The molecular formula is C21H33NO4. The number of fused-ring (bicyclic) bond motifs is 2. The number of carbonyl (C=O) groups is 1. The lowest BCUT2D eigenvalue weighted by atomic mass is 9.55. The molecule has 0 aromatic carbocycles. The molecule has 0 aromatic heterocycles. The monoisotopic (exact) mass is 363 g/mol. The highest BCUT2D eigenvalue weighted by atomic mass is 16.6. The van der Waals surface area contributed by atoms with Crippen LogP contribution in [-0.4, -0.2) is 60.0 Å². The van der Waals surface area contributed by atoms with E-state index in [1.54, 1.807) is 0 Å². The number of ether oxygens (including phenoxy) is 2. The molecule has 4 aliphatic rings. The number of aliphatic hydroxyl groups is 1. The maximum absolute atomic E-state index is 12.7. The summed E-state index contributed by atoms with van der Waals surface area (Å²) in [6.07, 6.45) is 4.91. The van der Waals surface area contributed by atoms with E-state index in [9.17, 15) is 9.90 Å². The Labute approximate surface area is 156 Å². The van der Waals surface area contributed by atoms with Gasteiger partial charge < -0.3 is 14.6 Å². The Bertz CT molecular complexity index is 595. The quantitative estimate of drug-likeness (QED) is 0.603. The van der Waals surface area contributed by atoms with Crippen LogP contribution in [0, 0.1) is 23.2 Å². The number of carbonyl (C=O) groups excluding carboxylic acids is 1. The van der Waals surface area contributed by atoms with Gasteiger partial charge in [0.1, 0.15) is 6.10 Å². The zero-order valence-electron chi connectivity index (χ0n) is 16.5. The van der Waals surface area contributed by atoms with Crippen molar-refractivity contribution in [3.63, 3.8) is 0 Å². The Balaban J connectivity index is 1.57. The second kappa shape index (κ2) is 6.61. The van der Waals surface area contributed by atoms with Crippen molar-refractivity contribution in [2.75, 3.05) is 19.6 Å². The molecule has 0 aromatic rings. The zero-order valence-corrected chi connectivity index (χ0v) is 16.5. The topological polar surface area (TPSA) is 59.0 Å². The van der Waals surface area contributed by atoms with Gasteiger partial charge in [-0.3, -0.25) is 9.69 Å². The first-order valence-electron chi connectivity index (χ1n) is 10.3. The molecule has 0 radical (unpaired) electrons. The van der Waals surface area contributed by atoms with E-state index >= 15 is 0 Å². The Hall–Kier alpha value is -0.910. The molecule has 146 valence electrons. The Morgan fingerprint density at radius 3 is 2.65 bits per heavy atom. The van der Waals surface area contributed by atoms with Gasteiger partial charge in [0.25, 0.3) is 0 Å². The van der Waals surface area contributed by atoms with E-state index in [1.807, 2.05) is 0 Å². The molecule has 8 atom stereocenters. The largest absolute Gasteiger partial charge is 0.461 e. The molecule has 26 heavy (non-hydrogen) atoms. The molecule has 2 heterocycles. The van der Waals surface area contributed by atoms with E-state index < -0.39 is 6.10 Å². The number of aliphatic hydroxyl groups excluding tert-OH is 1. The molecule has 3 fully saturated rings. The Morgan fingerprint density at radius 2 is 1.96 bits per heavy atom. The second-order valence-electron chi connectivity index (χ2n) is 9.27. The molecule has 5 heteroatoms. The van der Waals surface area contributed by atoms with Crippen LogP contribution in [0.5, 0.6) is 0 Å². The predicted molar refractivity (Wildman–Crippen MR) is 98.5 cm³/mol. The normalized spacial score (nSPS) is 49.2. The van der Waals surface area contributed by atoms with Gasteiger partial charge in [-0.2, -0.15) is 0 Å². The van der Waals surface area contributed by atoms with Gasteiger partial charge in [0.15, 0.2) is 0 Å². The van der Waals surface area contributed by atoms with Gasteiger partial charge in [0.2, 0.25) is 0 Å². The van der Waals surface area contributed by atoms with Crippen molar-refractivity contribution in [3.05, 3.63) is 11.6 Å². The van der Waals surface area contributed by atoms with Gasteiger partial charge in [0, 0.05) is 37.4 Å². The van der Waals surface area contributed by atoms with Crippen molar-refractivity contribution in [2.45, 2.75) is 71.4 Å². The van der Waals surface area contributed by atoms with Crippen molar-refractivity contribution >= 4 is 5.97 Å². The number of nitrogens with zero attached hydrogens (tertiary/aromatic N) is 1. The number of rotatable bonds is 2. The molecule has 2 aliphatic heterocycles. The fourth-order valence-electron chi connectivity index (χ4n) is 5.99. The minimum atomic E-state index is -0.518. The maximum Gasteiger partial charge on any atom is 0.311 e. The van der Waals surface area contributed by atoms with Crippen LogP contribution < -0.4 is 0 Å². The molecule has 2 saturated heterocycles. The first-order chi connectivity index (χ1) is 12.3. The SMILES string of the molecule is C[C@@H]1CN(C[C@@H]2C(=O)O[C@@H]3CC4=CCC[C@H](C)[C@@]4(C)[C@@H](O)[C@H]23)C[C@@H](C)O1. The van der Waals surface area contributed by atoms with E-state index in [2.05, 4.69) is 38.7 Å². The van der Waals surface area contributed by atoms with Crippen molar-refractivity contribution < 1.29 is 19.4 Å². The van der Waals surface area contributed by atoms with Crippen molar-refractivity contribution in [1.29, 1.82) is 0 Å². The van der Waals surface area contributed by atoms with Crippen LogP contribution in [-0.2, 0) is 14.3 Å². The predicted octanol–water partition coefficient (Wildman–Crippen LogP) is 2.38. The average Bonchev–Trinajstić information content (AvgIpc) is 2.85. The Kier molecular flexibility index (Phi) is 4.69. The van der Waals surface area contributed by atoms with Crippen LogP contribution in [0.3, 0.4) is 0 Å². The van der Waals surface area contributed by atoms with Crippen molar-refractivity contribution in [2.24, 2.45) is 23.2 Å². The highest BCUT2D eigenvalue weighted by Crippen LogP contribution is 2.56. The molecular weight excluding hydrogens is 330 g/mol. The highest BCUT2D eigenvalue weighted by Gasteiger charge is 2.59. The van der Waals surface area contributed by atoms with E-state index in [0.29, 0.717) is 12.5 Å². The van der Waals surface area contributed by atoms with E-state index in [0.717, 1.165) is 32.4 Å². The number of hydrogen-bond acceptors (Lipinski definition) is 5. The fraction of sp³-hybridized carbons (Fsp3) is 0.857. The molecule has 2 aliphatic carbocycles. The van der Waals surface area contributed by atoms with Gasteiger partial charge in [-0.25, -0.2) is 0 Å². The third-order valence-corrected chi connectivity index (χ3v) is 7.52. The second-order valence-corrected chi connectivity index (χ2v) is 9.27. The Morgan fingerprint density at radius 1 is 1.27 bits per heavy atom. The lowest BCUT2D eigenvalue weighted by Crippen LogP contribution is -2.55. The lowest BCUT2D eigenvalue weighted by molar-refractivity contribution is -0.145. The van der Waals surface area contributed by atoms with E-state index in [-0.39, 0.29) is 41.5 Å². The smallest absolute Gasteiger partial charge is 0.311 e. The fourth-order valence-corrected chi connectivity index (χ4v) is 5.99. The molecule has 5 nitrogen and oxygen atoms in total. The number of esters is 1. The van der Waals surface area contributed by atoms with Gasteiger partial charge in [0.05, 0.1) is 24.2 Å². The molecule has 1 N–H and O–H groups in total.